The molecule has 0 saturated carbocycles. The molecule has 9 heteroatoms. The van der Waals surface area contributed by atoms with Crippen molar-refractivity contribution < 1.29 is 14.4 Å². The molecule has 0 spiro atoms. The Morgan fingerprint density at radius 2 is 1.37 bits per heavy atom. The Morgan fingerprint density at radius 1 is 0.750 bits per heavy atom. The summed E-state index contributed by atoms with van der Waals surface area (Å²) in [6.07, 6.45) is 6.62. The van der Waals surface area contributed by atoms with Gasteiger partial charge in [0.05, 0.1) is 11.6 Å². The van der Waals surface area contributed by atoms with Gasteiger partial charge in [0.1, 0.15) is 0 Å². The second-order valence-electron chi connectivity index (χ2n) is 17.9. The number of hydrogen-bond donors (Lipinski definition) is 0. The maximum atomic E-state index is 14.5. The molecule has 0 N–H and O–H groups in total. The van der Waals surface area contributed by atoms with Gasteiger partial charge in [-0.25, -0.2) is 4.79 Å². The maximum absolute atomic E-state index is 14.5. The molecule has 5 aliphatic rings. The molecule has 1 atom stereocenters. The van der Waals surface area contributed by atoms with Crippen molar-refractivity contribution in [3.63, 3.8) is 0 Å². The van der Waals surface area contributed by atoms with E-state index in [0.717, 1.165) is 88.2 Å². The van der Waals surface area contributed by atoms with Crippen LogP contribution in [-0.2, 0) is 33.4 Å². The molecule has 7 rings (SSSR count). The van der Waals surface area contributed by atoms with E-state index in [9.17, 15) is 14.4 Å². The number of amides is 4. The predicted molar refractivity (Wildman–Crippen MR) is 208 cm³/mol. The molecular weight excluding hydrogens is 649 g/mol. The zero-order valence-corrected chi connectivity index (χ0v) is 32.7. The maximum Gasteiger partial charge on any atom is 0.324 e. The quantitative estimate of drug-likeness (QED) is 0.359. The van der Waals surface area contributed by atoms with E-state index in [1.807, 2.05) is 35.0 Å². The molecule has 0 bridgehead atoms. The number of hydrogen-bond acceptors (Lipinski definition) is 5. The van der Waals surface area contributed by atoms with Crippen LogP contribution < -0.4 is 4.90 Å². The molecule has 3 saturated heterocycles. The number of nitrogens with zero attached hydrogens (tertiary/aromatic N) is 6. The summed E-state index contributed by atoms with van der Waals surface area (Å²) in [7, 11) is 4.04. The molecule has 52 heavy (non-hydrogen) atoms. The van der Waals surface area contributed by atoms with Crippen LogP contribution in [0.1, 0.15) is 94.9 Å². The van der Waals surface area contributed by atoms with Crippen molar-refractivity contribution >= 4 is 23.5 Å². The zero-order valence-electron chi connectivity index (χ0n) is 32.7. The van der Waals surface area contributed by atoms with E-state index in [0.29, 0.717) is 32.1 Å². The lowest BCUT2D eigenvalue weighted by molar-refractivity contribution is -0.143. The molecule has 282 valence electrons. The summed E-state index contributed by atoms with van der Waals surface area (Å²) in [6.45, 7) is 17.2. The van der Waals surface area contributed by atoms with Crippen LogP contribution in [0.3, 0.4) is 0 Å². The lowest BCUT2D eigenvalue weighted by Crippen LogP contribution is -2.54. The van der Waals surface area contributed by atoms with Crippen LogP contribution in [0.25, 0.3) is 0 Å². The van der Waals surface area contributed by atoms with Gasteiger partial charge in [0.25, 0.3) is 0 Å². The Labute approximate surface area is 312 Å². The highest BCUT2D eigenvalue weighted by molar-refractivity contribution is 5.94. The first kappa shape index (κ1) is 36.9. The fourth-order valence-corrected chi connectivity index (χ4v) is 9.76. The number of piperidine rings is 2. The van der Waals surface area contributed by atoms with Crippen LogP contribution in [0.5, 0.6) is 0 Å². The van der Waals surface area contributed by atoms with Crippen LogP contribution in [0.15, 0.2) is 42.5 Å². The number of piperazine rings is 1. The van der Waals surface area contributed by atoms with Gasteiger partial charge < -0.3 is 19.6 Å². The fourth-order valence-electron chi connectivity index (χ4n) is 9.76. The number of carbonyl (C=O) groups is 3. The van der Waals surface area contributed by atoms with Gasteiger partial charge in [-0.05, 0) is 91.1 Å². The molecule has 4 heterocycles. The third kappa shape index (κ3) is 7.50. The van der Waals surface area contributed by atoms with Crippen LogP contribution in [0.4, 0.5) is 10.5 Å². The van der Waals surface area contributed by atoms with Gasteiger partial charge in [-0.1, -0.05) is 64.1 Å². The molecule has 3 fully saturated rings. The van der Waals surface area contributed by atoms with Crippen molar-refractivity contribution in [3.05, 3.63) is 64.7 Å². The smallest absolute Gasteiger partial charge is 0.324 e. The fraction of sp³-hybridized carbons (Fsp3) is 0.651. The number of fused-ring (bicyclic) bond motifs is 2. The highest BCUT2D eigenvalue weighted by Gasteiger charge is 2.39. The summed E-state index contributed by atoms with van der Waals surface area (Å²) >= 11 is 0. The standard InChI is InChI=1S/C43H62N6O3/c1-42(2)17-18-43(3,4)37-28-31(11-12-36(37)42)27-33(40(51)48-21-13-34(14-22-48)46-25-23-44(5)24-26-46)29-39(50)47-19-15-35(16-20-47)49-30-32-9-7-8-10-38(32)45(6)41(49)52/h7-12,28,33-35H,13-27,29-30H2,1-6H3. The van der Waals surface area contributed by atoms with Gasteiger partial charge in [0.15, 0.2) is 0 Å². The number of rotatable bonds is 7. The number of benzene rings is 2. The van der Waals surface area contributed by atoms with E-state index in [-0.39, 0.29) is 41.1 Å². The van der Waals surface area contributed by atoms with E-state index in [1.165, 1.54) is 17.5 Å². The lowest BCUT2D eigenvalue weighted by atomic mass is 9.63. The lowest BCUT2D eigenvalue weighted by Gasteiger charge is -2.43. The normalized spacial score (nSPS) is 23.7. The number of likely N-dealkylation sites (N-methyl/N-ethyl adjacent to an activating group) is 1. The van der Waals surface area contributed by atoms with Crippen LogP contribution in [0.2, 0.25) is 0 Å². The number of urea groups is 1. The SMILES string of the molecule is CN1CCN(C2CCN(C(=O)C(CC(=O)N3CCC(N4Cc5ccccc5N(C)C4=O)CC3)Cc3ccc4c(c3)C(C)(C)CCC4(C)C)CC2)CC1. The molecule has 1 aliphatic carbocycles. The average Bonchev–Trinajstić information content (AvgIpc) is 3.15. The second kappa shape index (κ2) is 14.8. The minimum absolute atomic E-state index is 0.0298. The van der Waals surface area contributed by atoms with E-state index < -0.39 is 5.92 Å². The first-order valence-electron chi connectivity index (χ1n) is 20.1. The van der Waals surface area contributed by atoms with Gasteiger partial charge in [-0.2, -0.15) is 0 Å². The molecule has 0 aromatic heterocycles. The van der Waals surface area contributed by atoms with E-state index in [4.69, 9.17) is 0 Å². The number of carbonyl (C=O) groups excluding carboxylic acids is 3. The molecule has 0 radical (unpaired) electrons. The summed E-state index contributed by atoms with van der Waals surface area (Å²) < 4.78 is 0. The minimum atomic E-state index is -0.392. The Balaban J connectivity index is 1.04. The predicted octanol–water partition coefficient (Wildman–Crippen LogP) is 5.89. The monoisotopic (exact) mass is 710 g/mol. The summed E-state index contributed by atoms with van der Waals surface area (Å²) in [4.78, 5) is 54.7. The van der Waals surface area contributed by atoms with Crippen molar-refractivity contribution in [3.8, 4) is 0 Å². The van der Waals surface area contributed by atoms with Crippen LogP contribution in [0, 0.1) is 5.92 Å². The molecule has 4 amide bonds. The van der Waals surface area contributed by atoms with Crippen molar-refractivity contribution in [1.29, 1.82) is 0 Å². The Bertz CT molecular complexity index is 1630. The highest BCUT2D eigenvalue weighted by Crippen LogP contribution is 2.46. The number of likely N-dealkylation sites (tertiary alicyclic amines) is 2. The Morgan fingerprint density at radius 3 is 2.06 bits per heavy atom. The molecule has 2 aromatic rings. The van der Waals surface area contributed by atoms with E-state index >= 15 is 0 Å². The zero-order chi connectivity index (χ0) is 36.8. The number of para-hydroxylation sites is 1. The van der Waals surface area contributed by atoms with E-state index in [2.05, 4.69) is 73.7 Å². The van der Waals surface area contributed by atoms with Crippen LogP contribution in [-0.4, -0.2) is 121 Å². The minimum Gasteiger partial charge on any atom is -0.343 e. The second-order valence-corrected chi connectivity index (χ2v) is 17.9. The van der Waals surface area contributed by atoms with Crippen molar-refractivity contribution in [2.75, 3.05) is 71.4 Å². The third-order valence-corrected chi connectivity index (χ3v) is 13.5. The molecule has 1 unspecified atom stereocenters. The summed E-state index contributed by atoms with van der Waals surface area (Å²) in [5, 5.41) is 0. The average molecular weight is 711 g/mol. The van der Waals surface area contributed by atoms with Gasteiger partial charge >= 0.3 is 6.03 Å². The van der Waals surface area contributed by atoms with Crippen molar-refractivity contribution in [1.82, 2.24) is 24.5 Å². The molecular formula is C43H62N6O3. The highest BCUT2D eigenvalue weighted by atomic mass is 16.2. The largest absolute Gasteiger partial charge is 0.343 e. The topological polar surface area (TPSA) is 70.7 Å². The van der Waals surface area contributed by atoms with Crippen molar-refractivity contribution in [2.24, 2.45) is 5.92 Å². The first-order chi connectivity index (χ1) is 24.8. The third-order valence-electron chi connectivity index (χ3n) is 13.5. The van der Waals surface area contributed by atoms with Gasteiger partial charge in [-0.3, -0.25) is 19.4 Å². The summed E-state index contributed by atoms with van der Waals surface area (Å²) in [5.41, 5.74) is 6.32. The van der Waals surface area contributed by atoms with Crippen molar-refractivity contribution in [2.45, 2.75) is 109 Å². The first-order valence-corrected chi connectivity index (χ1v) is 20.1. The van der Waals surface area contributed by atoms with Gasteiger partial charge in [0, 0.05) is 84.5 Å². The van der Waals surface area contributed by atoms with Gasteiger partial charge in [-0.15, -0.1) is 0 Å². The summed E-state index contributed by atoms with van der Waals surface area (Å²) in [5.74, 6) is -0.189. The van der Waals surface area contributed by atoms with Crippen LogP contribution >= 0.6 is 0 Å². The van der Waals surface area contributed by atoms with Gasteiger partial charge in [0.2, 0.25) is 11.8 Å². The number of anilines is 1. The summed E-state index contributed by atoms with van der Waals surface area (Å²) in [6, 6.07) is 15.7. The molecule has 4 aliphatic heterocycles. The molecule has 2 aromatic carbocycles. The molecule has 9 nitrogen and oxygen atoms in total. The van der Waals surface area contributed by atoms with E-state index in [1.54, 1.807) is 4.90 Å². The Hall–Kier alpha value is -3.43. The Kier molecular flexibility index (Phi) is 10.5.